The molecule has 0 spiro atoms. The topological polar surface area (TPSA) is 82.7 Å². The Morgan fingerprint density at radius 3 is 2.96 bits per heavy atom. The van der Waals surface area contributed by atoms with Gasteiger partial charge in [0.15, 0.2) is 0 Å². The molecule has 5 heteroatoms. The molecule has 2 unspecified atom stereocenters. The first-order valence-corrected chi connectivity index (χ1v) is 8.08. The van der Waals surface area contributed by atoms with Gasteiger partial charge in [0, 0.05) is 18.6 Å². The Labute approximate surface area is 141 Å². The van der Waals surface area contributed by atoms with Crippen molar-refractivity contribution in [1.82, 2.24) is 0 Å². The smallest absolute Gasteiger partial charge is 0.337 e. The largest absolute Gasteiger partial charge is 0.453 e. The molecular weight excluding hydrogens is 304 g/mol. The fourth-order valence-electron chi connectivity index (χ4n) is 3.35. The highest BCUT2D eigenvalue weighted by atomic mass is 16.6. The monoisotopic (exact) mass is 324 g/mol. The number of rotatable bonds is 2. The number of nitrogens with zero attached hydrogens (tertiary/aromatic N) is 2. The van der Waals surface area contributed by atoms with E-state index in [0.29, 0.717) is 23.3 Å². The van der Waals surface area contributed by atoms with E-state index < -0.39 is 11.6 Å². The minimum Gasteiger partial charge on any atom is -0.453 e. The summed E-state index contributed by atoms with van der Waals surface area (Å²) in [6.45, 7) is 3.38. The number of aryl methyl sites for hydroxylation is 1. The van der Waals surface area contributed by atoms with Crippen LogP contribution in [-0.2, 0) is 9.53 Å². The summed E-state index contributed by atoms with van der Waals surface area (Å²) in [5, 5.41) is 18.6. The number of carbonyl (C=O) groups excluding carboxylic acids is 1. The van der Waals surface area contributed by atoms with E-state index in [1.54, 1.807) is 13.0 Å². The average Bonchev–Trinajstić information content (AvgIpc) is 2.77. The molecule has 0 fully saturated rings. The van der Waals surface area contributed by atoms with E-state index in [1.165, 1.54) is 0 Å². The first-order chi connectivity index (χ1) is 11.5. The highest BCUT2D eigenvalue weighted by Crippen LogP contribution is 2.41. The van der Waals surface area contributed by atoms with Crippen LogP contribution in [0.4, 0.5) is 0 Å². The van der Waals surface area contributed by atoms with Crippen molar-refractivity contribution in [1.29, 1.82) is 5.26 Å². The molecule has 0 aromatic heterocycles. The van der Waals surface area contributed by atoms with E-state index in [-0.39, 0.29) is 12.5 Å². The zero-order chi connectivity index (χ0) is 17.3. The molecule has 2 aliphatic rings. The van der Waals surface area contributed by atoms with Gasteiger partial charge in [0.2, 0.25) is 0 Å². The second-order valence-electron chi connectivity index (χ2n) is 6.66. The van der Waals surface area contributed by atoms with Crippen molar-refractivity contribution in [2.24, 2.45) is 4.99 Å². The third kappa shape index (κ3) is 2.85. The van der Waals surface area contributed by atoms with Crippen LogP contribution in [0.5, 0.6) is 0 Å². The summed E-state index contributed by atoms with van der Waals surface area (Å²) >= 11 is 0. The van der Waals surface area contributed by atoms with E-state index >= 15 is 0 Å². The summed E-state index contributed by atoms with van der Waals surface area (Å²) in [7, 11) is 0. The number of esters is 1. The first-order valence-electron chi connectivity index (χ1n) is 8.08. The molecule has 0 amide bonds. The van der Waals surface area contributed by atoms with Gasteiger partial charge < -0.3 is 9.84 Å². The predicted molar refractivity (Wildman–Crippen MR) is 89.6 cm³/mol. The zero-order valence-electron chi connectivity index (χ0n) is 13.9. The highest BCUT2D eigenvalue weighted by molar-refractivity contribution is 5.93. The maximum absolute atomic E-state index is 12.6. The first kappa shape index (κ1) is 16.4. The number of aliphatic imine (C=N–C) groups is 1. The van der Waals surface area contributed by atoms with Gasteiger partial charge in [-0.15, -0.1) is 0 Å². The molecule has 1 N–H and O–H groups in total. The van der Waals surface area contributed by atoms with Crippen LogP contribution in [0.25, 0.3) is 0 Å². The third-order valence-corrected chi connectivity index (χ3v) is 4.70. The molecule has 2 atom stereocenters. The van der Waals surface area contributed by atoms with Crippen LogP contribution in [0.3, 0.4) is 0 Å². The molecule has 5 nitrogen and oxygen atoms in total. The fraction of sp³-hybridized carbons (Fsp3) is 0.421. The molecule has 24 heavy (non-hydrogen) atoms. The van der Waals surface area contributed by atoms with Gasteiger partial charge in [-0.2, -0.15) is 5.26 Å². The molecule has 2 heterocycles. The van der Waals surface area contributed by atoms with Crippen LogP contribution < -0.4 is 0 Å². The summed E-state index contributed by atoms with van der Waals surface area (Å²) in [6.07, 6.45) is 3.77. The Morgan fingerprint density at radius 1 is 1.50 bits per heavy atom. The van der Waals surface area contributed by atoms with Gasteiger partial charge >= 0.3 is 5.97 Å². The van der Waals surface area contributed by atoms with Gasteiger partial charge in [0.25, 0.3) is 0 Å². The normalized spacial score (nSPS) is 26.4. The zero-order valence-corrected chi connectivity index (χ0v) is 13.9. The van der Waals surface area contributed by atoms with Crippen LogP contribution in [0.1, 0.15) is 48.8 Å². The lowest BCUT2D eigenvalue weighted by atomic mass is 9.82. The Balaban J connectivity index is 2.06. The van der Waals surface area contributed by atoms with Gasteiger partial charge in [-0.25, -0.2) is 4.79 Å². The van der Waals surface area contributed by atoms with Gasteiger partial charge in [0.1, 0.15) is 5.60 Å². The lowest BCUT2D eigenvalue weighted by Gasteiger charge is -2.34. The Morgan fingerprint density at radius 2 is 2.29 bits per heavy atom. The van der Waals surface area contributed by atoms with Gasteiger partial charge in [-0.05, 0) is 43.9 Å². The molecule has 2 aliphatic heterocycles. The van der Waals surface area contributed by atoms with E-state index in [0.717, 1.165) is 24.0 Å². The van der Waals surface area contributed by atoms with Crippen molar-refractivity contribution >= 4 is 12.2 Å². The highest BCUT2D eigenvalue weighted by Gasteiger charge is 2.41. The minimum absolute atomic E-state index is 0.107. The van der Waals surface area contributed by atoms with Crippen LogP contribution in [0.15, 0.2) is 34.5 Å². The van der Waals surface area contributed by atoms with Crippen molar-refractivity contribution in [3.05, 3.63) is 46.2 Å². The summed E-state index contributed by atoms with van der Waals surface area (Å²) in [4.78, 5) is 17.1. The van der Waals surface area contributed by atoms with E-state index in [2.05, 4.69) is 11.1 Å². The summed E-state index contributed by atoms with van der Waals surface area (Å²) < 4.78 is 5.50. The number of nitriles is 1. The summed E-state index contributed by atoms with van der Waals surface area (Å²) in [6, 6.07) is 7.83. The van der Waals surface area contributed by atoms with Crippen molar-refractivity contribution < 1.29 is 14.6 Å². The molecule has 0 bridgehead atoms. The molecule has 124 valence electrons. The number of carbonyl (C=O) groups is 1. The number of aliphatic hydroxyl groups excluding tert-OH is 1. The Kier molecular flexibility index (Phi) is 4.25. The van der Waals surface area contributed by atoms with Crippen molar-refractivity contribution in [2.45, 2.75) is 44.6 Å². The molecule has 0 aliphatic carbocycles. The molecule has 1 aromatic carbocycles. The molecule has 0 saturated carbocycles. The summed E-state index contributed by atoms with van der Waals surface area (Å²) in [5.74, 6) is -0.511. The van der Waals surface area contributed by atoms with Crippen LogP contribution in [0, 0.1) is 18.3 Å². The lowest BCUT2D eigenvalue weighted by Crippen LogP contribution is -2.41. The van der Waals surface area contributed by atoms with Crippen molar-refractivity contribution in [2.75, 3.05) is 6.61 Å². The number of ether oxygens (including phenoxy) is 1. The molecule has 0 radical (unpaired) electrons. The van der Waals surface area contributed by atoms with Gasteiger partial charge in [-0.1, -0.05) is 12.1 Å². The maximum Gasteiger partial charge on any atom is 0.337 e. The Bertz CT molecular complexity index is 788. The fourth-order valence-corrected chi connectivity index (χ4v) is 3.35. The molecule has 1 aromatic rings. The third-order valence-electron chi connectivity index (χ3n) is 4.70. The van der Waals surface area contributed by atoms with E-state index in [1.807, 2.05) is 25.3 Å². The second kappa shape index (κ2) is 6.21. The maximum atomic E-state index is 12.6. The van der Waals surface area contributed by atoms with E-state index in [9.17, 15) is 9.90 Å². The van der Waals surface area contributed by atoms with E-state index in [4.69, 9.17) is 10.00 Å². The number of benzene rings is 1. The Hall–Kier alpha value is -2.45. The van der Waals surface area contributed by atoms with Gasteiger partial charge in [0.05, 0.1) is 29.5 Å². The van der Waals surface area contributed by atoms with Crippen LogP contribution >= 0.6 is 0 Å². The van der Waals surface area contributed by atoms with Crippen molar-refractivity contribution in [3.8, 4) is 6.07 Å². The number of aliphatic hydroxyl groups is 1. The molecule has 3 rings (SSSR count). The predicted octanol–water partition coefficient (Wildman–Crippen LogP) is 2.77. The van der Waals surface area contributed by atoms with Gasteiger partial charge in [-0.3, -0.25) is 4.99 Å². The quantitative estimate of drug-likeness (QED) is 0.848. The van der Waals surface area contributed by atoms with Crippen molar-refractivity contribution in [3.63, 3.8) is 0 Å². The lowest BCUT2D eigenvalue weighted by molar-refractivity contribution is -0.160. The minimum atomic E-state index is -0.914. The molecule has 0 saturated heterocycles. The standard InChI is InChI=1S/C19H20N2O3/c1-12-8-13(5-6-14(12)10-20)15-4-3-7-21-16-9-19(2,11-22)24-18(23)17(15)16/h5-8,15,22H,3-4,9,11H2,1-2H3. The summed E-state index contributed by atoms with van der Waals surface area (Å²) in [5.41, 5.74) is 2.90. The number of hydrogen-bond donors (Lipinski definition) is 1. The van der Waals surface area contributed by atoms with Crippen LogP contribution in [0.2, 0.25) is 0 Å². The molecular formula is C19H20N2O3. The van der Waals surface area contributed by atoms with Crippen LogP contribution in [-0.4, -0.2) is 29.5 Å². The SMILES string of the molecule is Cc1cc(C2CCC=NC3=C2C(=O)OC(C)(CO)C3)ccc1C#N. The second-order valence-corrected chi connectivity index (χ2v) is 6.66. The number of cyclic esters (lactones) is 1. The average molecular weight is 324 g/mol. The number of hydrogen-bond acceptors (Lipinski definition) is 5.